The van der Waals surface area contributed by atoms with E-state index >= 15 is 0 Å². The predicted octanol–water partition coefficient (Wildman–Crippen LogP) is 3.81. The van der Waals surface area contributed by atoms with E-state index in [1.54, 1.807) is 0 Å². The van der Waals surface area contributed by atoms with Gasteiger partial charge >= 0.3 is 5.97 Å². The van der Waals surface area contributed by atoms with Crippen LogP contribution in [-0.2, 0) is 16.1 Å². The van der Waals surface area contributed by atoms with Gasteiger partial charge in [-0.05, 0) is 60.2 Å². The highest BCUT2D eigenvalue weighted by molar-refractivity contribution is 9.10. The van der Waals surface area contributed by atoms with Gasteiger partial charge < -0.3 is 14.8 Å². The summed E-state index contributed by atoms with van der Waals surface area (Å²) in [5.74, 6) is 0.739. The van der Waals surface area contributed by atoms with E-state index in [1.165, 1.54) is 18.4 Å². The van der Waals surface area contributed by atoms with Gasteiger partial charge in [0.25, 0.3) is 0 Å². The molecule has 0 radical (unpaired) electrons. The molecule has 22 heavy (non-hydrogen) atoms. The van der Waals surface area contributed by atoms with Gasteiger partial charge in [-0.25, -0.2) is 0 Å². The molecular formula is C17H24BrNO3. The van der Waals surface area contributed by atoms with E-state index in [-0.39, 0.29) is 5.97 Å². The molecule has 5 heteroatoms. The highest BCUT2D eigenvalue weighted by Crippen LogP contribution is 2.29. The van der Waals surface area contributed by atoms with Crippen molar-refractivity contribution in [1.82, 2.24) is 5.32 Å². The van der Waals surface area contributed by atoms with Crippen molar-refractivity contribution in [2.24, 2.45) is 0 Å². The van der Waals surface area contributed by atoms with Crippen LogP contribution in [0.2, 0.25) is 0 Å². The molecule has 0 bridgehead atoms. The molecule has 0 saturated heterocycles. The van der Waals surface area contributed by atoms with Crippen LogP contribution in [0.3, 0.4) is 0 Å². The van der Waals surface area contributed by atoms with Crippen LogP contribution in [0.5, 0.6) is 5.75 Å². The third kappa shape index (κ3) is 5.97. The summed E-state index contributed by atoms with van der Waals surface area (Å²) < 4.78 is 11.7. The van der Waals surface area contributed by atoms with E-state index in [0.717, 1.165) is 29.6 Å². The van der Waals surface area contributed by atoms with Gasteiger partial charge in [0, 0.05) is 19.0 Å². The Morgan fingerprint density at radius 1 is 1.36 bits per heavy atom. The second-order valence-corrected chi connectivity index (χ2v) is 6.29. The van der Waals surface area contributed by atoms with Crippen LogP contribution < -0.4 is 10.1 Å². The maximum Gasteiger partial charge on any atom is 0.305 e. The van der Waals surface area contributed by atoms with Crippen molar-refractivity contribution < 1.29 is 14.3 Å². The van der Waals surface area contributed by atoms with Crippen LogP contribution in [0.1, 0.15) is 44.6 Å². The van der Waals surface area contributed by atoms with Gasteiger partial charge in [-0.15, -0.1) is 0 Å². The average molecular weight is 370 g/mol. The van der Waals surface area contributed by atoms with E-state index in [0.29, 0.717) is 25.7 Å². The molecule has 1 aliphatic rings. The molecule has 1 fully saturated rings. The molecule has 2 rings (SSSR count). The third-order valence-corrected chi connectivity index (χ3v) is 4.44. The fraction of sp³-hybridized carbons (Fsp3) is 0.588. The molecule has 1 aromatic carbocycles. The Kier molecular flexibility index (Phi) is 7.19. The maximum atomic E-state index is 11.2. The molecule has 4 nitrogen and oxygen atoms in total. The Labute approximate surface area is 140 Å². The number of ether oxygens (including phenoxy) is 2. The molecule has 0 unspecified atom stereocenters. The molecule has 0 atom stereocenters. The van der Waals surface area contributed by atoms with Crippen LogP contribution >= 0.6 is 15.9 Å². The number of rotatable bonds is 10. The number of nitrogens with one attached hydrogen (secondary N) is 1. The van der Waals surface area contributed by atoms with Crippen LogP contribution in [0, 0.1) is 0 Å². The van der Waals surface area contributed by atoms with Crippen molar-refractivity contribution in [3.63, 3.8) is 0 Å². The zero-order valence-electron chi connectivity index (χ0n) is 13.1. The summed E-state index contributed by atoms with van der Waals surface area (Å²) in [6, 6.07) is 6.78. The van der Waals surface area contributed by atoms with E-state index < -0.39 is 0 Å². The molecule has 1 aromatic rings. The van der Waals surface area contributed by atoms with Gasteiger partial charge in [0.15, 0.2) is 0 Å². The zero-order chi connectivity index (χ0) is 15.8. The number of halogens is 1. The highest BCUT2D eigenvalue weighted by Gasteiger charge is 2.20. The molecule has 122 valence electrons. The third-order valence-electron chi connectivity index (χ3n) is 3.54. The summed E-state index contributed by atoms with van der Waals surface area (Å²) in [7, 11) is 0. The lowest BCUT2D eigenvalue weighted by atomic mass is 10.2. The second kappa shape index (κ2) is 9.16. The molecule has 0 spiro atoms. The quantitative estimate of drug-likeness (QED) is 0.503. The molecule has 0 aromatic heterocycles. The van der Waals surface area contributed by atoms with Crippen LogP contribution in [0.25, 0.3) is 0 Å². The first-order valence-corrected chi connectivity index (χ1v) is 8.79. The van der Waals surface area contributed by atoms with Gasteiger partial charge in [0.05, 0.1) is 17.7 Å². The van der Waals surface area contributed by atoms with Crippen molar-refractivity contribution in [1.29, 1.82) is 0 Å². The van der Waals surface area contributed by atoms with Gasteiger partial charge in [-0.2, -0.15) is 0 Å². The number of benzene rings is 1. The normalized spacial score (nSPS) is 13.9. The molecule has 0 heterocycles. The van der Waals surface area contributed by atoms with Crippen LogP contribution in [0.15, 0.2) is 22.7 Å². The monoisotopic (exact) mass is 369 g/mol. The lowest BCUT2D eigenvalue weighted by Gasteiger charge is -2.12. The molecule has 1 aliphatic carbocycles. The minimum Gasteiger partial charge on any atom is -0.492 e. The van der Waals surface area contributed by atoms with E-state index in [4.69, 9.17) is 9.47 Å². The smallest absolute Gasteiger partial charge is 0.305 e. The number of hydrogen-bond acceptors (Lipinski definition) is 4. The summed E-state index contributed by atoms with van der Waals surface area (Å²) in [5, 5.41) is 3.50. The number of hydrogen-bond donors (Lipinski definition) is 1. The summed E-state index contributed by atoms with van der Waals surface area (Å²) in [6.07, 6.45) is 4.67. The Morgan fingerprint density at radius 3 is 2.91 bits per heavy atom. The van der Waals surface area contributed by atoms with Crippen LogP contribution in [0.4, 0.5) is 0 Å². The van der Waals surface area contributed by atoms with E-state index in [9.17, 15) is 4.79 Å². The first kappa shape index (κ1) is 17.3. The Morgan fingerprint density at radius 2 is 2.18 bits per heavy atom. The van der Waals surface area contributed by atoms with Crippen molar-refractivity contribution >= 4 is 21.9 Å². The fourth-order valence-corrected chi connectivity index (χ4v) is 2.65. The summed E-state index contributed by atoms with van der Waals surface area (Å²) >= 11 is 3.63. The van der Waals surface area contributed by atoms with Crippen LogP contribution in [-0.4, -0.2) is 25.2 Å². The van der Waals surface area contributed by atoms with Crippen molar-refractivity contribution in [2.75, 3.05) is 13.2 Å². The lowest BCUT2D eigenvalue weighted by Crippen LogP contribution is -2.15. The first-order chi connectivity index (χ1) is 10.7. The summed E-state index contributed by atoms with van der Waals surface area (Å²) in [6.45, 7) is 3.75. The number of unbranched alkanes of at least 4 members (excludes halogenated alkanes) is 1. The lowest BCUT2D eigenvalue weighted by molar-refractivity contribution is -0.143. The molecule has 1 N–H and O–H groups in total. The summed E-state index contributed by atoms with van der Waals surface area (Å²) in [4.78, 5) is 11.2. The van der Waals surface area contributed by atoms with E-state index in [1.807, 2.05) is 19.1 Å². The average Bonchev–Trinajstić information content (AvgIpc) is 3.32. The topological polar surface area (TPSA) is 47.6 Å². The Balaban J connectivity index is 1.70. The van der Waals surface area contributed by atoms with Crippen molar-refractivity contribution in [3.8, 4) is 5.75 Å². The maximum absolute atomic E-state index is 11.2. The first-order valence-electron chi connectivity index (χ1n) is 8.00. The molecular weight excluding hydrogens is 346 g/mol. The molecule has 0 amide bonds. The Hall–Kier alpha value is -1.07. The van der Waals surface area contributed by atoms with E-state index in [2.05, 4.69) is 27.3 Å². The van der Waals surface area contributed by atoms with Crippen molar-refractivity contribution in [3.05, 3.63) is 28.2 Å². The number of carbonyl (C=O) groups excluding carboxylic acids is 1. The summed E-state index contributed by atoms with van der Waals surface area (Å²) in [5.41, 5.74) is 1.22. The minimum absolute atomic E-state index is 0.128. The number of carbonyl (C=O) groups is 1. The Bertz CT molecular complexity index is 489. The minimum atomic E-state index is -0.128. The molecule has 0 aliphatic heterocycles. The van der Waals surface area contributed by atoms with Crippen molar-refractivity contribution in [2.45, 2.75) is 51.6 Å². The number of esters is 1. The van der Waals surface area contributed by atoms with Gasteiger partial charge in [-0.3, -0.25) is 4.79 Å². The fourth-order valence-electron chi connectivity index (χ4n) is 2.13. The highest BCUT2D eigenvalue weighted by atomic mass is 79.9. The SMILES string of the molecule is CCOC(=O)CCCCOc1cccc(CNC2CC2)c1Br. The molecule has 1 saturated carbocycles. The van der Waals surface area contributed by atoms with Gasteiger partial charge in [0.1, 0.15) is 5.75 Å². The standard InChI is InChI=1S/C17H24BrNO3/c1-2-21-16(20)8-3-4-11-22-15-7-5-6-13(17(15)18)12-19-14-9-10-14/h5-7,14,19H,2-4,8-12H2,1H3. The van der Waals surface area contributed by atoms with Gasteiger partial charge in [-0.1, -0.05) is 12.1 Å². The largest absolute Gasteiger partial charge is 0.492 e. The zero-order valence-corrected chi connectivity index (χ0v) is 14.7. The second-order valence-electron chi connectivity index (χ2n) is 5.50. The predicted molar refractivity (Wildman–Crippen MR) is 90.0 cm³/mol. The van der Waals surface area contributed by atoms with Gasteiger partial charge in [0.2, 0.25) is 0 Å².